The molecule has 9 heteroatoms. The topological polar surface area (TPSA) is 88.9 Å². The molecule has 134 valence electrons. The third-order valence-electron chi connectivity index (χ3n) is 3.74. The zero-order valence-corrected chi connectivity index (χ0v) is 14.3. The fourth-order valence-electron chi connectivity index (χ4n) is 2.45. The van der Waals surface area contributed by atoms with E-state index < -0.39 is 26.6 Å². The van der Waals surface area contributed by atoms with Crippen molar-refractivity contribution in [2.75, 3.05) is 31.6 Å². The molecule has 7 nitrogen and oxygen atoms in total. The second kappa shape index (κ2) is 6.95. The fraction of sp³-hybridized carbons (Fsp3) is 0.312. The first-order chi connectivity index (χ1) is 11.9. The molecule has 1 aliphatic heterocycles. The number of furan rings is 1. The van der Waals surface area contributed by atoms with Crippen LogP contribution >= 0.6 is 0 Å². The van der Waals surface area contributed by atoms with Crippen molar-refractivity contribution in [3.63, 3.8) is 0 Å². The number of sulfonamides is 1. The van der Waals surface area contributed by atoms with Crippen molar-refractivity contribution in [1.29, 1.82) is 0 Å². The lowest BCUT2D eigenvalue weighted by molar-refractivity contribution is 0.0729. The van der Waals surface area contributed by atoms with Crippen LogP contribution in [-0.4, -0.2) is 44.9 Å². The third kappa shape index (κ3) is 3.73. The zero-order chi connectivity index (χ0) is 18.0. The molecule has 1 aromatic heterocycles. The number of hydrogen-bond donors (Lipinski definition) is 1. The number of nitrogens with one attached hydrogen (secondary N) is 1. The van der Waals surface area contributed by atoms with E-state index in [2.05, 4.69) is 5.32 Å². The van der Waals surface area contributed by atoms with Gasteiger partial charge in [0.15, 0.2) is 5.76 Å². The van der Waals surface area contributed by atoms with Gasteiger partial charge in [-0.1, -0.05) is 0 Å². The molecule has 1 aromatic carbocycles. The first kappa shape index (κ1) is 17.6. The van der Waals surface area contributed by atoms with Gasteiger partial charge in [0.1, 0.15) is 16.5 Å². The molecule has 0 aliphatic carbocycles. The van der Waals surface area contributed by atoms with E-state index in [4.69, 9.17) is 9.15 Å². The zero-order valence-electron chi connectivity index (χ0n) is 13.5. The van der Waals surface area contributed by atoms with Crippen LogP contribution in [0.5, 0.6) is 0 Å². The maximum Gasteiger partial charge on any atom is 0.291 e. The van der Waals surface area contributed by atoms with E-state index in [0.29, 0.717) is 5.76 Å². The Balaban J connectivity index is 1.86. The summed E-state index contributed by atoms with van der Waals surface area (Å²) in [6.07, 6.45) is 0. The molecule has 1 aliphatic rings. The number of carbonyl (C=O) groups excluding carboxylic acids is 1. The average Bonchev–Trinajstić information content (AvgIpc) is 3.04. The van der Waals surface area contributed by atoms with Gasteiger partial charge in [-0.15, -0.1) is 0 Å². The summed E-state index contributed by atoms with van der Waals surface area (Å²) < 4.78 is 50.8. The summed E-state index contributed by atoms with van der Waals surface area (Å²) in [6.45, 7) is 2.53. The highest BCUT2D eigenvalue weighted by Gasteiger charge is 2.29. The molecule has 1 saturated heterocycles. The van der Waals surface area contributed by atoms with Crippen LogP contribution in [0.4, 0.5) is 10.1 Å². The number of rotatable bonds is 4. The molecule has 0 atom stereocenters. The number of carbonyl (C=O) groups is 1. The highest BCUT2D eigenvalue weighted by atomic mass is 32.2. The molecule has 3 rings (SSSR count). The third-order valence-corrected chi connectivity index (χ3v) is 5.65. The number of ether oxygens (including phenoxy) is 1. The van der Waals surface area contributed by atoms with Crippen LogP contribution < -0.4 is 5.32 Å². The Bertz CT molecular complexity index is 888. The number of hydrogen-bond acceptors (Lipinski definition) is 5. The molecular formula is C16H17FN2O5S. The smallest absolute Gasteiger partial charge is 0.291 e. The molecule has 2 aromatic rings. The van der Waals surface area contributed by atoms with Crippen LogP contribution in [-0.2, 0) is 14.8 Å². The minimum Gasteiger partial charge on any atom is -0.456 e. The summed E-state index contributed by atoms with van der Waals surface area (Å²) in [6, 6.07) is 6.54. The van der Waals surface area contributed by atoms with E-state index in [0.717, 1.165) is 16.4 Å². The first-order valence-electron chi connectivity index (χ1n) is 7.63. The van der Waals surface area contributed by atoms with E-state index in [9.17, 15) is 17.6 Å². The van der Waals surface area contributed by atoms with Crippen LogP contribution in [0, 0.1) is 12.7 Å². The lowest BCUT2D eigenvalue weighted by Crippen LogP contribution is -2.40. The first-order valence-corrected chi connectivity index (χ1v) is 9.07. The lowest BCUT2D eigenvalue weighted by atomic mass is 10.3. The van der Waals surface area contributed by atoms with Crippen molar-refractivity contribution in [2.24, 2.45) is 0 Å². The van der Waals surface area contributed by atoms with E-state index >= 15 is 0 Å². The van der Waals surface area contributed by atoms with E-state index in [1.165, 1.54) is 12.1 Å². The van der Waals surface area contributed by atoms with Gasteiger partial charge in [-0.25, -0.2) is 12.8 Å². The van der Waals surface area contributed by atoms with E-state index in [1.54, 1.807) is 13.0 Å². The molecular weight excluding hydrogens is 351 g/mol. The largest absolute Gasteiger partial charge is 0.456 e. The Morgan fingerprint density at radius 2 is 1.92 bits per heavy atom. The lowest BCUT2D eigenvalue weighted by Gasteiger charge is -2.26. The molecule has 25 heavy (non-hydrogen) atoms. The molecule has 1 fully saturated rings. The van der Waals surface area contributed by atoms with Crippen molar-refractivity contribution in [3.8, 4) is 0 Å². The Kier molecular flexibility index (Phi) is 4.89. The predicted molar refractivity (Wildman–Crippen MR) is 87.4 cm³/mol. The van der Waals surface area contributed by atoms with Gasteiger partial charge in [-0.3, -0.25) is 4.79 Å². The van der Waals surface area contributed by atoms with Crippen molar-refractivity contribution in [1.82, 2.24) is 4.31 Å². The summed E-state index contributed by atoms with van der Waals surface area (Å²) >= 11 is 0. The summed E-state index contributed by atoms with van der Waals surface area (Å²) in [5, 5.41) is 2.51. The van der Waals surface area contributed by atoms with Gasteiger partial charge in [0.25, 0.3) is 5.91 Å². The van der Waals surface area contributed by atoms with Crippen molar-refractivity contribution >= 4 is 21.6 Å². The average molecular weight is 368 g/mol. The molecule has 1 amide bonds. The number of benzene rings is 1. The van der Waals surface area contributed by atoms with Gasteiger partial charge in [0.2, 0.25) is 10.0 Å². The minimum absolute atomic E-state index is 0.0828. The number of aryl methyl sites for hydroxylation is 1. The summed E-state index contributed by atoms with van der Waals surface area (Å²) in [7, 11) is -4.01. The monoisotopic (exact) mass is 368 g/mol. The quantitative estimate of drug-likeness (QED) is 0.892. The Labute approximate surface area is 144 Å². The van der Waals surface area contributed by atoms with Gasteiger partial charge in [0, 0.05) is 18.8 Å². The second-order valence-electron chi connectivity index (χ2n) is 5.53. The maximum atomic E-state index is 14.1. The molecule has 1 N–H and O–H groups in total. The van der Waals surface area contributed by atoms with Gasteiger partial charge in [0.05, 0.1) is 13.2 Å². The van der Waals surface area contributed by atoms with Crippen molar-refractivity contribution in [2.45, 2.75) is 11.8 Å². The van der Waals surface area contributed by atoms with Gasteiger partial charge in [-0.2, -0.15) is 4.31 Å². The summed E-state index contributed by atoms with van der Waals surface area (Å²) in [5.41, 5.74) is 0.160. The van der Waals surface area contributed by atoms with Crippen LogP contribution in [0.3, 0.4) is 0 Å². The van der Waals surface area contributed by atoms with Gasteiger partial charge < -0.3 is 14.5 Å². The number of amides is 1. The number of halogens is 1. The summed E-state index contributed by atoms with van der Waals surface area (Å²) in [4.78, 5) is 11.6. The van der Waals surface area contributed by atoms with Crippen LogP contribution in [0.15, 0.2) is 39.6 Å². The highest BCUT2D eigenvalue weighted by Crippen LogP contribution is 2.24. The van der Waals surface area contributed by atoms with E-state index in [-0.39, 0.29) is 37.8 Å². The van der Waals surface area contributed by atoms with Crippen molar-refractivity contribution in [3.05, 3.63) is 47.7 Å². The normalized spacial score (nSPS) is 15.9. The molecule has 2 heterocycles. The summed E-state index contributed by atoms with van der Waals surface area (Å²) in [5.74, 6) is -0.771. The number of anilines is 1. The Morgan fingerprint density at radius 3 is 2.56 bits per heavy atom. The molecule has 0 unspecified atom stereocenters. The standard InChI is InChI=1S/C16H17FN2O5S/c1-11-2-5-14(24-11)16(20)18-12-3-4-13(17)15(10-12)25(21,22)19-6-8-23-9-7-19/h2-5,10H,6-9H2,1H3,(H,18,20). The van der Waals surface area contributed by atoms with Crippen LogP contribution in [0.1, 0.15) is 16.3 Å². The van der Waals surface area contributed by atoms with Gasteiger partial charge >= 0.3 is 0 Å². The van der Waals surface area contributed by atoms with Crippen molar-refractivity contribution < 1.29 is 26.8 Å². The molecule has 0 radical (unpaired) electrons. The molecule has 0 spiro atoms. The fourth-order valence-corrected chi connectivity index (χ4v) is 3.95. The Morgan fingerprint density at radius 1 is 1.20 bits per heavy atom. The predicted octanol–water partition coefficient (Wildman–Crippen LogP) is 2.00. The maximum absolute atomic E-state index is 14.1. The molecule has 0 saturated carbocycles. The Hall–Kier alpha value is -2.23. The number of morpholine rings is 1. The van der Waals surface area contributed by atoms with Crippen LogP contribution in [0.25, 0.3) is 0 Å². The highest BCUT2D eigenvalue weighted by molar-refractivity contribution is 7.89. The van der Waals surface area contributed by atoms with E-state index in [1.807, 2.05) is 0 Å². The SMILES string of the molecule is Cc1ccc(C(=O)Nc2ccc(F)c(S(=O)(=O)N3CCOCC3)c2)o1. The molecule has 0 bridgehead atoms. The minimum atomic E-state index is -4.01. The van der Waals surface area contributed by atoms with Crippen LogP contribution in [0.2, 0.25) is 0 Å². The van der Waals surface area contributed by atoms with Gasteiger partial charge in [-0.05, 0) is 37.3 Å². The second-order valence-corrected chi connectivity index (χ2v) is 7.43. The number of nitrogens with zero attached hydrogens (tertiary/aromatic N) is 1.